The van der Waals surface area contributed by atoms with E-state index in [2.05, 4.69) is 20.8 Å². The highest BCUT2D eigenvalue weighted by atomic mass is 127. The molecule has 2 N–H and O–H groups in total. The van der Waals surface area contributed by atoms with Gasteiger partial charge in [-0.2, -0.15) is 0 Å². The van der Waals surface area contributed by atoms with Crippen molar-refractivity contribution in [3.05, 3.63) is 0 Å². The minimum atomic E-state index is 0. The molecule has 0 unspecified atom stereocenters. The van der Waals surface area contributed by atoms with Gasteiger partial charge in [-0.1, -0.05) is 20.8 Å². The maximum Gasteiger partial charge on any atom is 0.0146 e. The van der Waals surface area contributed by atoms with Crippen molar-refractivity contribution in [2.24, 2.45) is 5.73 Å². The smallest absolute Gasteiger partial charge is 0.0146 e. The lowest BCUT2D eigenvalue weighted by atomic mass is 9.92. The molecule has 0 aromatic carbocycles. The first-order valence-electron chi connectivity index (χ1n) is 3.47. The van der Waals surface area contributed by atoms with E-state index in [9.17, 15) is 0 Å². The number of hydrogen-bond acceptors (Lipinski definition) is 1. The molecule has 0 atom stereocenters. The molecule has 0 fully saturated rings. The first-order chi connectivity index (χ1) is 3.68. The molecule has 0 spiro atoms. The summed E-state index contributed by atoms with van der Waals surface area (Å²) in [6, 6.07) is 0. The third-order valence-corrected chi connectivity index (χ3v) is 2.11. The molecular weight excluding hydrogens is 225 g/mol. The zero-order valence-corrected chi connectivity index (χ0v) is 8.94. The van der Waals surface area contributed by atoms with Crippen LogP contribution in [0, 0.1) is 0 Å². The van der Waals surface area contributed by atoms with Gasteiger partial charge < -0.3 is 5.73 Å². The van der Waals surface area contributed by atoms with Gasteiger partial charge in [0, 0.05) is 5.54 Å². The fourth-order valence-electron chi connectivity index (χ4n) is 0.750. The van der Waals surface area contributed by atoms with Crippen LogP contribution < -0.4 is 5.73 Å². The highest BCUT2D eigenvalue weighted by Gasteiger charge is 2.15. The van der Waals surface area contributed by atoms with Gasteiger partial charge in [0.2, 0.25) is 0 Å². The van der Waals surface area contributed by atoms with E-state index in [-0.39, 0.29) is 29.5 Å². The minimum absolute atomic E-state index is 0. The topological polar surface area (TPSA) is 26.0 Å². The fraction of sp³-hybridized carbons (Fsp3) is 1.00. The summed E-state index contributed by atoms with van der Waals surface area (Å²) >= 11 is 0. The Morgan fingerprint density at radius 3 is 1.22 bits per heavy atom. The molecule has 1 nitrogen and oxygen atoms in total. The van der Waals surface area contributed by atoms with Gasteiger partial charge >= 0.3 is 0 Å². The third kappa shape index (κ3) is 4.14. The van der Waals surface area contributed by atoms with Gasteiger partial charge in [-0.25, -0.2) is 0 Å². The third-order valence-electron chi connectivity index (χ3n) is 2.11. The average Bonchev–Trinajstić information content (AvgIpc) is 1.87. The first kappa shape index (κ1) is 12.4. The molecule has 0 heterocycles. The van der Waals surface area contributed by atoms with E-state index in [1.165, 1.54) is 0 Å². The van der Waals surface area contributed by atoms with Crippen molar-refractivity contribution in [1.29, 1.82) is 0 Å². The molecule has 0 radical (unpaired) electrons. The van der Waals surface area contributed by atoms with Crippen molar-refractivity contribution in [2.75, 3.05) is 0 Å². The summed E-state index contributed by atoms with van der Waals surface area (Å²) in [7, 11) is 0. The van der Waals surface area contributed by atoms with Gasteiger partial charge in [-0.3, -0.25) is 0 Å². The van der Waals surface area contributed by atoms with E-state index < -0.39 is 0 Å². The average molecular weight is 243 g/mol. The Bertz CT molecular complexity index is 51.7. The summed E-state index contributed by atoms with van der Waals surface area (Å²) in [5.74, 6) is 0. The second-order valence-corrected chi connectivity index (χ2v) is 2.42. The van der Waals surface area contributed by atoms with Crippen molar-refractivity contribution < 1.29 is 0 Å². The molecule has 9 heavy (non-hydrogen) atoms. The van der Waals surface area contributed by atoms with Crippen molar-refractivity contribution in [2.45, 2.75) is 45.6 Å². The number of nitrogens with two attached hydrogens (primary N) is 1. The SMILES string of the molecule is CCC(N)(CC)CC.I. The van der Waals surface area contributed by atoms with Gasteiger partial charge in [0.1, 0.15) is 0 Å². The Hall–Kier alpha value is 0.690. The zero-order valence-electron chi connectivity index (χ0n) is 6.61. The monoisotopic (exact) mass is 243 g/mol. The summed E-state index contributed by atoms with van der Waals surface area (Å²) in [6.07, 6.45) is 3.29. The van der Waals surface area contributed by atoms with Crippen LogP contribution in [0.25, 0.3) is 0 Å². The lowest BCUT2D eigenvalue weighted by Gasteiger charge is -2.23. The van der Waals surface area contributed by atoms with Crippen LogP contribution in [0.15, 0.2) is 0 Å². The van der Waals surface area contributed by atoms with E-state index in [0.29, 0.717) is 0 Å². The molecule has 2 heteroatoms. The van der Waals surface area contributed by atoms with Crippen LogP contribution in [0.1, 0.15) is 40.0 Å². The maximum absolute atomic E-state index is 5.90. The van der Waals surface area contributed by atoms with Gasteiger partial charge in [0.05, 0.1) is 0 Å². The normalized spacial score (nSPS) is 10.7. The van der Waals surface area contributed by atoms with Crippen LogP contribution in [0.3, 0.4) is 0 Å². The molecule has 0 aliphatic rings. The van der Waals surface area contributed by atoms with Crippen molar-refractivity contribution in [3.63, 3.8) is 0 Å². The quantitative estimate of drug-likeness (QED) is 0.757. The second-order valence-electron chi connectivity index (χ2n) is 2.42. The summed E-state index contributed by atoms with van der Waals surface area (Å²) in [4.78, 5) is 0. The Labute approximate surface area is 75.4 Å². The van der Waals surface area contributed by atoms with Crippen LogP contribution in [-0.4, -0.2) is 5.54 Å². The number of rotatable bonds is 3. The molecule has 0 rings (SSSR count). The molecule has 0 bridgehead atoms. The van der Waals surface area contributed by atoms with E-state index in [1.54, 1.807) is 0 Å². The van der Waals surface area contributed by atoms with Crippen LogP contribution in [-0.2, 0) is 0 Å². The molecule has 0 saturated carbocycles. The van der Waals surface area contributed by atoms with E-state index >= 15 is 0 Å². The van der Waals surface area contributed by atoms with Gasteiger partial charge in [0.15, 0.2) is 0 Å². The maximum atomic E-state index is 5.90. The zero-order chi connectivity index (χ0) is 6.62. The first-order valence-corrected chi connectivity index (χ1v) is 3.47. The van der Waals surface area contributed by atoms with Crippen molar-refractivity contribution in [1.82, 2.24) is 0 Å². The highest BCUT2D eigenvalue weighted by Crippen LogP contribution is 2.14. The fourth-order valence-corrected chi connectivity index (χ4v) is 0.750. The Balaban J connectivity index is 0. The van der Waals surface area contributed by atoms with Gasteiger partial charge in [-0.05, 0) is 19.3 Å². The number of halogens is 1. The van der Waals surface area contributed by atoms with Crippen molar-refractivity contribution in [3.8, 4) is 0 Å². The second kappa shape index (κ2) is 5.47. The largest absolute Gasteiger partial charge is 0.325 e. The molecule has 0 aliphatic heterocycles. The summed E-state index contributed by atoms with van der Waals surface area (Å²) in [5, 5.41) is 0. The Morgan fingerprint density at radius 2 is 1.22 bits per heavy atom. The minimum Gasteiger partial charge on any atom is -0.325 e. The Morgan fingerprint density at radius 1 is 1.00 bits per heavy atom. The van der Waals surface area contributed by atoms with Gasteiger partial charge in [0.25, 0.3) is 0 Å². The summed E-state index contributed by atoms with van der Waals surface area (Å²) < 4.78 is 0. The van der Waals surface area contributed by atoms with Crippen LogP contribution >= 0.6 is 24.0 Å². The molecule has 0 aliphatic carbocycles. The lowest BCUT2D eigenvalue weighted by Crippen LogP contribution is -2.37. The van der Waals surface area contributed by atoms with Crippen LogP contribution in [0.5, 0.6) is 0 Å². The number of hydrogen-bond donors (Lipinski definition) is 1. The van der Waals surface area contributed by atoms with E-state index in [4.69, 9.17) is 5.73 Å². The standard InChI is InChI=1S/C7H17N.HI/c1-4-7(8,5-2)6-3;/h4-6,8H2,1-3H3;1H. The summed E-state index contributed by atoms with van der Waals surface area (Å²) in [6.45, 7) is 6.44. The predicted octanol–water partition coefficient (Wildman–Crippen LogP) is 2.53. The van der Waals surface area contributed by atoms with Gasteiger partial charge in [-0.15, -0.1) is 24.0 Å². The Kier molecular flexibility index (Phi) is 7.52. The molecule has 0 saturated heterocycles. The molecule has 0 aromatic heterocycles. The highest BCUT2D eigenvalue weighted by molar-refractivity contribution is 14.0. The lowest BCUT2D eigenvalue weighted by molar-refractivity contribution is 0.383. The van der Waals surface area contributed by atoms with Crippen LogP contribution in [0.4, 0.5) is 0 Å². The van der Waals surface area contributed by atoms with E-state index in [0.717, 1.165) is 19.3 Å². The molecule has 0 aromatic rings. The molecule has 58 valence electrons. The van der Waals surface area contributed by atoms with Crippen LogP contribution in [0.2, 0.25) is 0 Å². The van der Waals surface area contributed by atoms with Crippen molar-refractivity contribution >= 4 is 24.0 Å². The van der Waals surface area contributed by atoms with E-state index in [1.807, 2.05) is 0 Å². The summed E-state index contributed by atoms with van der Waals surface area (Å²) in [5.41, 5.74) is 6.02. The predicted molar refractivity (Wildman–Crippen MR) is 53.2 cm³/mol. The molecule has 0 amide bonds. The molecular formula is C7H18IN.